The maximum atomic E-state index is 12.2. The van der Waals surface area contributed by atoms with Crippen LogP contribution in [0, 0.1) is 0 Å². The molecule has 0 unspecified atom stereocenters. The van der Waals surface area contributed by atoms with Gasteiger partial charge in [-0.2, -0.15) is 0 Å². The van der Waals surface area contributed by atoms with E-state index in [4.69, 9.17) is 13.9 Å². The van der Waals surface area contributed by atoms with Crippen molar-refractivity contribution in [2.75, 3.05) is 14.2 Å². The van der Waals surface area contributed by atoms with Gasteiger partial charge in [0.25, 0.3) is 0 Å². The van der Waals surface area contributed by atoms with Crippen LogP contribution in [-0.4, -0.2) is 31.1 Å². The number of nitrogens with zero attached hydrogens (tertiary/aromatic N) is 1. The molecule has 144 valence electrons. The van der Waals surface area contributed by atoms with Gasteiger partial charge in [0.15, 0.2) is 23.1 Å². The van der Waals surface area contributed by atoms with Gasteiger partial charge >= 0.3 is 11.9 Å². The first-order chi connectivity index (χ1) is 13.6. The van der Waals surface area contributed by atoms with E-state index in [-0.39, 0.29) is 17.9 Å². The Hall–Kier alpha value is -3.61. The summed E-state index contributed by atoms with van der Waals surface area (Å²) in [6, 6.07) is 14.0. The molecule has 1 aromatic heterocycles. The number of benzene rings is 2. The third kappa shape index (κ3) is 4.56. The Morgan fingerprint density at radius 2 is 1.82 bits per heavy atom. The van der Waals surface area contributed by atoms with Gasteiger partial charge in [-0.05, 0) is 18.2 Å². The summed E-state index contributed by atoms with van der Waals surface area (Å²) in [5.74, 6) is 0.599. The van der Waals surface area contributed by atoms with E-state index >= 15 is 0 Å². The van der Waals surface area contributed by atoms with Crippen molar-refractivity contribution in [2.24, 2.45) is 0 Å². The number of carbonyl (C=O) groups is 2. The van der Waals surface area contributed by atoms with Gasteiger partial charge in [0.1, 0.15) is 0 Å². The number of oxazole rings is 1. The topological polar surface area (TPSA) is 87.9 Å². The fourth-order valence-electron chi connectivity index (χ4n) is 2.54. The van der Waals surface area contributed by atoms with E-state index in [1.54, 1.807) is 6.20 Å². The summed E-state index contributed by atoms with van der Waals surface area (Å²) in [5.41, 5.74) is 1.21. The Balaban J connectivity index is 1.60. The molecular weight excluding hydrogens is 362 g/mol. The summed E-state index contributed by atoms with van der Waals surface area (Å²) in [6.07, 6.45) is 2.01. The lowest BCUT2D eigenvalue weighted by Gasteiger charge is -2.10. The second-order valence-corrected chi connectivity index (χ2v) is 5.82. The molecule has 0 atom stereocenters. The monoisotopic (exact) mass is 381 g/mol. The molecule has 7 nitrogen and oxygen atoms in total. The fraction of sp³-hybridized carbons (Fsp3) is 0.190. The van der Waals surface area contributed by atoms with E-state index in [2.05, 4.69) is 9.72 Å². The average Bonchev–Trinajstić information content (AvgIpc) is 3.21. The molecule has 0 aliphatic rings. The number of carbonyl (C=O) groups excluding carboxylic acids is 2. The zero-order valence-electron chi connectivity index (χ0n) is 15.5. The third-order valence-electron chi connectivity index (χ3n) is 3.96. The molecule has 0 radical (unpaired) electrons. The van der Waals surface area contributed by atoms with Gasteiger partial charge in [-0.1, -0.05) is 30.3 Å². The highest BCUT2D eigenvalue weighted by Crippen LogP contribution is 2.29. The van der Waals surface area contributed by atoms with Crippen LogP contribution in [0.15, 0.2) is 59.1 Å². The predicted molar refractivity (Wildman–Crippen MR) is 100 cm³/mol. The molecule has 0 N–H and O–H groups in total. The lowest BCUT2D eigenvalue weighted by molar-refractivity contribution is -0.134. The minimum atomic E-state index is -0.505. The number of aromatic nitrogens is 1. The molecule has 28 heavy (non-hydrogen) atoms. The minimum Gasteiger partial charge on any atom is -0.493 e. The van der Waals surface area contributed by atoms with E-state index in [9.17, 15) is 9.59 Å². The smallest absolute Gasteiger partial charge is 0.337 e. The highest BCUT2D eigenvalue weighted by atomic mass is 16.6. The van der Waals surface area contributed by atoms with Crippen LogP contribution in [0.25, 0.3) is 11.3 Å². The largest absolute Gasteiger partial charge is 0.493 e. The first-order valence-electron chi connectivity index (χ1n) is 8.58. The first kappa shape index (κ1) is 19.2. The van der Waals surface area contributed by atoms with Gasteiger partial charge in [0.2, 0.25) is 0 Å². The zero-order chi connectivity index (χ0) is 19.9. The molecule has 0 saturated carbocycles. The van der Waals surface area contributed by atoms with Crippen molar-refractivity contribution in [2.45, 2.75) is 12.8 Å². The SMILES string of the molecule is COC(=O)c1ccc(OC(=O)CCc2ncc(-c3ccccc3)o2)c(OC)c1. The molecule has 3 aromatic rings. The minimum absolute atomic E-state index is 0.0800. The van der Waals surface area contributed by atoms with Crippen molar-refractivity contribution in [3.05, 3.63) is 66.2 Å². The van der Waals surface area contributed by atoms with Crippen LogP contribution in [0.4, 0.5) is 0 Å². The molecule has 0 fully saturated rings. The Labute approximate surface area is 161 Å². The lowest BCUT2D eigenvalue weighted by atomic mass is 10.2. The average molecular weight is 381 g/mol. The summed E-state index contributed by atoms with van der Waals surface area (Å²) in [4.78, 5) is 27.9. The van der Waals surface area contributed by atoms with Crippen LogP contribution in [0.5, 0.6) is 11.5 Å². The van der Waals surface area contributed by atoms with Crippen LogP contribution in [0.2, 0.25) is 0 Å². The number of rotatable bonds is 7. The van der Waals surface area contributed by atoms with E-state index < -0.39 is 11.9 Å². The van der Waals surface area contributed by atoms with Crippen molar-refractivity contribution in [3.8, 4) is 22.8 Å². The molecular formula is C21H19NO6. The third-order valence-corrected chi connectivity index (χ3v) is 3.96. The van der Waals surface area contributed by atoms with Crippen LogP contribution >= 0.6 is 0 Å². The molecule has 2 aromatic carbocycles. The van der Waals surface area contributed by atoms with Crippen molar-refractivity contribution >= 4 is 11.9 Å². The summed E-state index contributed by atoms with van der Waals surface area (Å²) in [5, 5.41) is 0. The summed E-state index contributed by atoms with van der Waals surface area (Å²) in [6.45, 7) is 0. The number of esters is 2. The Bertz CT molecular complexity index is 964. The normalized spacial score (nSPS) is 10.4. The standard InChI is InChI=1S/C21H19NO6/c1-25-17-12-15(21(24)26-2)8-9-16(17)28-20(23)11-10-19-22-13-18(27-19)14-6-4-3-5-7-14/h3-9,12-13H,10-11H2,1-2H3. The Morgan fingerprint density at radius 3 is 2.54 bits per heavy atom. The molecule has 0 saturated heterocycles. The van der Waals surface area contributed by atoms with Gasteiger partial charge in [0, 0.05) is 12.0 Å². The van der Waals surface area contributed by atoms with Crippen molar-refractivity contribution in [1.29, 1.82) is 0 Å². The van der Waals surface area contributed by atoms with E-state index in [0.717, 1.165) is 5.56 Å². The quantitative estimate of drug-likeness (QED) is 0.456. The van der Waals surface area contributed by atoms with Crippen molar-refractivity contribution in [3.63, 3.8) is 0 Å². The summed E-state index contributed by atoms with van der Waals surface area (Å²) < 4.78 is 20.8. The number of ether oxygens (including phenoxy) is 3. The number of aryl methyl sites for hydroxylation is 1. The van der Waals surface area contributed by atoms with Gasteiger partial charge in [-0.3, -0.25) is 4.79 Å². The fourth-order valence-corrected chi connectivity index (χ4v) is 2.54. The Kier molecular flexibility index (Phi) is 6.06. The summed E-state index contributed by atoms with van der Waals surface area (Å²) in [7, 11) is 2.71. The van der Waals surface area contributed by atoms with Gasteiger partial charge in [-0.25, -0.2) is 9.78 Å². The molecule has 0 aliphatic carbocycles. The molecule has 0 aliphatic heterocycles. The van der Waals surface area contributed by atoms with Crippen molar-refractivity contribution in [1.82, 2.24) is 4.98 Å². The van der Waals surface area contributed by atoms with Crippen LogP contribution in [0.1, 0.15) is 22.7 Å². The molecule has 1 heterocycles. The second kappa shape index (κ2) is 8.85. The lowest BCUT2D eigenvalue weighted by Crippen LogP contribution is -2.10. The van der Waals surface area contributed by atoms with Gasteiger partial charge < -0.3 is 18.6 Å². The van der Waals surface area contributed by atoms with E-state index in [1.165, 1.54) is 32.4 Å². The van der Waals surface area contributed by atoms with Crippen LogP contribution in [-0.2, 0) is 16.0 Å². The second-order valence-electron chi connectivity index (χ2n) is 5.82. The van der Waals surface area contributed by atoms with Crippen molar-refractivity contribution < 1.29 is 28.2 Å². The summed E-state index contributed by atoms with van der Waals surface area (Å²) >= 11 is 0. The molecule has 3 rings (SSSR count). The molecule has 0 spiro atoms. The van der Waals surface area contributed by atoms with Gasteiger partial charge in [0.05, 0.1) is 32.4 Å². The highest BCUT2D eigenvalue weighted by molar-refractivity contribution is 5.90. The first-order valence-corrected chi connectivity index (χ1v) is 8.58. The van der Waals surface area contributed by atoms with E-state index in [0.29, 0.717) is 23.6 Å². The maximum Gasteiger partial charge on any atom is 0.337 e. The number of hydrogen-bond acceptors (Lipinski definition) is 7. The van der Waals surface area contributed by atoms with Crippen LogP contribution < -0.4 is 9.47 Å². The molecule has 0 amide bonds. The van der Waals surface area contributed by atoms with E-state index in [1.807, 2.05) is 30.3 Å². The number of hydrogen-bond donors (Lipinski definition) is 0. The molecule has 0 bridgehead atoms. The predicted octanol–water partition coefficient (Wildman–Crippen LogP) is 3.68. The van der Waals surface area contributed by atoms with Gasteiger partial charge in [-0.15, -0.1) is 0 Å². The highest BCUT2D eigenvalue weighted by Gasteiger charge is 2.15. The Morgan fingerprint density at radius 1 is 1.04 bits per heavy atom. The maximum absolute atomic E-state index is 12.2. The number of methoxy groups -OCH3 is 2. The zero-order valence-corrected chi connectivity index (χ0v) is 15.5. The molecule has 7 heteroatoms. The van der Waals surface area contributed by atoms with Crippen LogP contribution in [0.3, 0.4) is 0 Å².